The van der Waals surface area contributed by atoms with Gasteiger partial charge in [-0.3, -0.25) is 4.98 Å². The van der Waals surface area contributed by atoms with Crippen LogP contribution in [0.25, 0.3) is 0 Å². The molecule has 0 aliphatic heterocycles. The van der Waals surface area contributed by atoms with Gasteiger partial charge >= 0.3 is 0 Å². The van der Waals surface area contributed by atoms with E-state index < -0.39 is 0 Å². The van der Waals surface area contributed by atoms with Crippen LogP contribution in [0.4, 0.5) is 0 Å². The summed E-state index contributed by atoms with van der Waals surface area (Å²) >= 11 is 0. The van der Waals surface area contributed by atoms with Crippen LogP contribution >= 0.6 is 0 Å². The van der Waals surface area contributed by atoms with E-state index in [0.29, 0.717) is 5.88 Å². The Morgan fingerprint density at radius 3 is 2.85 bits per heavy atom. The summed E-state index contributed by atoms with van der Waals surface area (Å²) in [6, 6.07) is 0. The molecule has 4 nitrogen and oxygen atoms in total. The molecule has 0 aliphatic rings. The summed E-state index contributed by atoms with van der Waals surface area (Å²) in [6.45, 7) is 2.81. The maximum absolute atomic E-state index is 5.02. The lowest BCUT2D eigenvalue weighted by Gasteiger charge is -2.04. The van der Waals surface area contributed by atoms with Crippen molar-refractivity contribution < 1.29 is 4.74 Å². The molecule has 0 spiro atoms. The van der Waals surface area contributed by atoms with E-state index in [9.17, 15) is 0 Å². The second-order valence-electron chi connectivity index (χ2n) is 2.81. The van der Waals surface area contributed by atoms with Gasteiger partial charge in [0.1, 0.15) is 0 Å². The van der Waals surface area contributed by atoms with Crippen molar-refractivity contribution in [2.75, 3.05) is 20.7 Å². The molecule has 0 amide bonds. The highest BCUT2D eigenvalue weighted by atomic mass is 16.5. The number of hydrogen-bond acceptors (Lipinski definition) is 4. The highest BCUT2D eigenvalue weighted by Crippen LogP contribution is 2.10. The van der Waals surface area contributed by atoms with Crippen molar-refractivity contribution >= 4 is 0 Å². The molecule has 0 bridgehead atoms. The molecule has 1 rings (SSSR count). The number of rotatable bonds is 4. The normalized spacial score (nSPS) is 10.1. The summed E-state index contributed by atoms with van der Waals surface area (Å²) in [5, 5.41) is 3.07. The molecule has 1 aromatic rings. The zero-order valence-corrected chi connectivity index (χ0v) is 8.29. The number of methoxy groups -OCH3 is 1. The van der Waals surface area contributed by atoms with E-state index in [0.717, 1.165) is 24.4 Å². The van der Waals surface area contributed by atoms with Crippen LogP contribution in [-0.2, 0) is 6.42 Å². The van der Waals surface area contributed by atoms with Gasteiger partial charge in [-0.25, -0.2) is 4.98 Å². The summed E-state index contributed by atoms with van der Waals surface area (Å²) in [7, 11) is 3.52. The molecule has 1 heterocycles. The maximum Gasteiger partial charge on any atom is 0.235 e. The van der Waals surface area contributed by atoms with Crippen LogP contribution in [-0.4, -0.2) is 30.7 Å². The summed E-state index contributed by atoms with van der Waals surface area (Å²) < 4.78 is 5.02. The van der Waals surface area contributed by atoms with Gasteiger partial charge in [-0.2, -0.15) is 0 Å². The highest BCUT2D eigenvalue weighted by molar-refractivity contribution is 5.18. The molecule has 0 saturated heterocycles. The summed E-state index contributed by atoms with van der Waals surface area (Å²) in [6.07, 6.45) is 2.65. The molecule has 0 atom stereocenters. The standard InChI is InChI=1S/C9H15N3O/c1-7-9(13-3)11-6-8(12-7)4-5-10-2/h6,10H,4-5H2,1-3H3. The summed E-state index contributed by atoms with van der Waals surface area (Å²) in [5.41, 5.74) is 1.84. The predicted molar refractivity (Wildman–Crippen MR) is 51.0 cm³/mol. The molecule has 0 unspecified atom stereocenters. The van der Waals surface area contributed by atoms with Crippen LogP contribution in [0, 0.1) is 6.92 Å². The third-order valence-corrected chi connectivity index (χ3v) is 1.78. The zero-order chi connectivity index (χ0) is 9.68. The maximum atomic E-state index is 5.02. The van der Waals surface area contributed by atoms with Gasteiger partial charge in [0.15, 0.2) is 0 Å². The van der Waals surface area contributed by atoms with Crippen LogP contribution in [0.2, 0.25) is 0 Å². The number of likely N-dealkylation sites (N-methyl/N-ethyl adjacent to an activating group) is 1. The minimum Gasteiger partial charge on any atom is -0.480 e. The zero-order valence-electron chi connectivity index (χ0n) is 8.29. The molecule has 13 heavy (non-hydrogen) atoms. The number of ether oxygens (including phenoxy) is 1. The second-order valence-corrected chi connectivity index (χ2v) is 2.81. The summed E-state index contributed by atoms with van der Waals surface area (Å²) in [4.78, 5) is 8.49. The van der Waals surface area contributed by atoms with Crippen molar-refractivity contribution in [2.24, 2.45) is 0 Å². The molecular formula is C9H15N3O. The lowest BCUT2D eigenvalue weighted by atomic mass is 10.3. The van der Waals surface area contributed by atoms with Gasteiger partial charge in [0.25, 0.3) is 0 Å². The lowest BCUT2D eigenvalue weighted by molar-refractivity contribution is 0.391. The fourth-order valence-corrected chi connectivity index (χ4v) is 1.09. The quantitative estimate of drug-likeness (QED) is 0.737. The van der Waals surface area contributed by atoms with Crippen LogP contribution in [0.3, 0.4) is 0 Å². The van der Waals surface area contributed by atoms with Gasteiger partial charge < -0.3 is 10.1 Å². The van der Waals surface area contributed by atoms with Gasteiger partial charge in [0.05, 0.1) is 24.7 Å². The Morgan fingerprint density at radius 2 is 2.31 bits per heavy atom. The molecule has 0 aliphatic carbocycles. The van der Waals surface area contributed by atoms with Crippen LogP contribution in [0.1, 0.15) is 11.4 Å². The van der Waals surface area contributed by atoms with Gasteiger partial charge in [-0.1, -0.05) is 0 Å². The molecule has 0 saturated carbocycles. The molecule has 1 N–H and O–H groups in total. The third-order valence-electron chi connectivity index (χ3n) is 1.78. The topological polar surface area (TPSA) is 47.0 Å². The van der Waals surface area contributed by atoms with Gasteiger partial charge in [-0.05, 0) is 14.0 Å². The van der Waals surface area contributed by atoms with E-state index in [1.165, 1.54) is 0 Å². The van der Waals surface area contributed by atoms with Crippen LogP contribution in [0.5, 0.6) is 5.88 Å². The Balaban J connectivity index is 2.71. The average Bonchev–Trinajstić information content (AvgIpc) is 2.15. The molecule has 72 valence electrons. The van der Waals surface area contributed by atoms with Crippen molar-refractivity contribution in [1.82, 2.24) is 15.3 Å². The van der Waals surface area contributed by atoms with Gasteiger partial charge in [-0.15, -0.1) is 0 Å². The first-order chi connectivity index (χ1) is 6.27. The molecule has 1 aromatic heterocycles. The lowest BCUT2D eigenvalue weighted by Crippen LogP contribution is -2.12. The van der Waals surface area contributed by atoms with Crippen molar-refractivity contribution in [3.63, 3.8) is 0 Å². The van der Waals surface area contributed by atoms with Gasteiger partial charge in [0.2, 0.25) is 5.88 Å². The van der Waals surface area contributed by atoms with E-state index in [1.54, 1.807) is 13.3 Å². The number of aryl methyl sites for hydroxylation is 1. The first kappa shape index (κ1) is 9.92. The molecule has 0 fully saturated rings. The van der Waals surface area contributed by atoms with Crippen molar-refractivity contribution in [1.29, 1.82) is 0 Å². The van der Waals surface area contributed by atoms with E-state index in [1.807, 2.05) is 14.0 Å². The Labute approximate surface area is 78.4 Å². The number of nitrogens with zero attached hydrogens (tertiary/aromatic N) is 2. The smallest absolute Gasteiger partial charge is 0.235 e. The SMILES string of the molecule is CNCCc1cnc(OC)c(C)n1. The Kier molecular flexibility index (Phi) is 3.64. The van der Waals surface area contributed by atoms with Crippen LogP contribution in [0.15, 0.2) is 6.20 Å². The number of hydrogen-bond donors (Lipinski definition) is 1. The monoisotopic (exact) mass is 181 g/mol. The highest BCUT2D eigenvalue weighted by Gasteiger charge is 2.02. The molecular weight excluding hydrogens is 166 g/mol. The molecule has 0 radical (unpaired) electrons. The van der Waals surface area contributed by atoms with Crippen molar-refractivity contribution in [2.45, 2.75) is 13.3 Å². The van der Waals surface area contributed by atoms with Crippen molar-refractivity contribution in [3.05, 3.63) is 17.6 Å². The Hall–Kier alpha value is -1.16. The van der Waals surface area contributed by atoms with Gasteiger partial charge in [0, 0.05) is 13.0 Å². The van der Waals surface area contributed by atoms with Crippen LogP contribution < -0.4 is 10.1 Å². The number of aromatic nitrogens is 2. The largest absolute Gasteiger partial charge is 0.480 e. The fourth-order valence-electron chi connectivity index (χ4n) is 1.09. The minimum atomic E-state index is 0.605. The Bertz CT molecular complexity index is 276. The minimum absolute atomic E-state index is 0.605. The van der Waals surface area contributed by atoms with E-state index in [2.05, 4.69) is 15.3 Å². The first-order valence-corrected chi connectivity index (χ1v) is 4.29. The summed E-state index contributed by atoms with van der Waals surface area (Å²) in [5.74, 6) is 0.605. The third kappa shape index (κ3) is 2.66. The molecule has 4 heteroatoms. The fraction of sp³-hybridized carbons (Fsp3) is 0.556. The number of nitrogens with one attached hydrogen (secondary N) is 1. The van der Waals surface area contributed by atoms with E-state index in [4.69, 9.17) is 4.74 Å². The van der Waals surface area contributed by atoms with E-state index >= 15 is 0 Å². The van der Waals surface area contributed by atoms with E-state index in [-0.39, 0.29) is 0 Å². The predicted octanol–water partition coefficient (Wildman–Crippen LogP) is 0.556. The second kappa shape index (κ2) is 4.77. The van der Waals surface area contributed by atoms with Crippen molar-refractivity contribution in [3.8, 4) is 5.88 Å². The Morgan fingerprint density at radius 1 is 1.54 bits per heavy atom. The first-order valence-electron chi connectivity index (χ1n) is 4.29. The average molecular weight is 181 g/mol. The molecule has 0 aromatic carbocycles.